The van der Waals surface area contributed by atoms with E-state index in [4.69, 9.17) is 16.7 Å². The van der Waals surface area contributed by atoms with Crippen LogP contribution in [0.15, 0.2) is 18.2 Å². The number of rotatable bonds is 5. The van der Waals surface area contributed by atoms with Crippen molar-refractivity contribution < 1.29 is 10.2 Å². The summed E-state index contributed by atoms with van der Waals surface area (Å²) in [6.45, 7) is 4.02. The Hall–Kier alpha value is -0.770. The second-order valence-corrected chi connectivity index (χ2v) is 4.32. The third-order valence-electron chi connectivity index (χ3n) is 2.65. The molecule has 0 fully saturated rings. The van der Waals surface area contributed by atoms with Crippen LogP contribution in [0.4, 0.5) is 0 Å². The molecule has 90 valence electrons. The highest BCUT2D eigenvalue weighted by molar-refractivity contribution is 6.30. The van der Waals surface area contributed by atoms with Gasteiger partial charge in [-0.05, 0) is 31.5 Å². The maximum absolute atomic E-state index is 9.70. The van der Waals surface area contributed by atoms with Crippen LogP contribution in [0.5, 0.6) is 5.75 Å². The van der Waals surface area contributed by atoms with E-state index in [-0.39, 0.29) is 24.4 Å². The predicted molar refractivity (Wildman–Crippen MR) is 65.8 cm³/mol. The summed E-state index contributed by atoms with van der Waals surface area (Å²) in [5, 5.41) is 22.6. The molecule has 0 radical (unpaired) electrons. The first-order valence-electron chi connectivity index (χ1n) is 5.43. The van der Waals surface area contributed by atoms with Crippen molar-refractivity contribution in [2.24, 2.45) is 0 Å². The van der Waals surface area contributed by atoms with Crippen LogP contribution in [0.3, 0.4) is 0 Å². The van der Waals surface area contributed by atoms with Crippen LogP contribution in [-0.2, 0) is 0 Å². The molecule has 0 aliphatic carbocycles. The lowest BCUT2D eigenvalue weighted by Crippen LogP contribution is -2.33. The minimum absolute atomic E-state index is 0.0355. The third kappa shape index (κ3) is 3.37. The molecule has 0 aromatic heterocycles. The van der Waals surface area contributed by atoms with E-state index in [1.807, 2.05) is 13.8 Å². The molecule has 0 spiro atoms. The molecule has 0 aliphatic heterocycles. The Balaban J connectivity index is 2.79. The molecule has 4 heteroatoms. The van der Waals surface area contributed by atoms with Crippen molar-refractivity contribution in [3.63, 3.8) is 0 Å². The average Bonchev–Trinajstić information content (AvgIpc) is 2.28. The summed E-state index contributed by atoms with van der Waals surface area (Å²) in [5.74, 6) is 0.220. The Morgan fingerprint density at radius 3 is 2.69 bits per heavy atom. The Morgan fingerprint density at radius 1 is 1.44 bits per heavy atom. The van der Waals surface area contributed by atoms with Gasteiger partial charge >= 0.3 is 0 Å². The van der Waals surface area contributed by atoms with Gasteiger partial charge in [-0.2, -0.15) is 0 Å². The number of phenolic OH excluding ortho intramolecular Hbond substituents is 1. The van der Waals surface area contributed by atoms with E-state index < -0.39 is 0 Å². The van der Waals surface area contributed by atoms with Crippen LogP contribution < -0.4 is 5.32 Å². The minimum atomic E-state index is -0.0456. The number of halogens is 1. The lowest BCUT2D eigenvalue weighted by atomic mass is 10.1. The fourth-order valence-corrected chi connectivity index (χ4v) is 1.80. The van der Waals surface area contributed by atoms with Crippen molar-refractivity contribution in [2.45, 2.75) is 32.4 Å². The molecule has 0 heterocycles. The van der Waals surface area contributed by atoms with Gasteiger partial charge in [0.2, 0.25) is 0 Å². The van der Waals surface area contributed by atoms with Gasteiger partial charge in [-0.25, -0.2) is 0 Å². The van der Waals surface area contributed by atoms with E-state index >= 15 is 0 Å². The fourth-order valence-electron chi connectivity index (χ4n) is 1.62. The second-order valence-electron chi connectivity index (χ2n) is 3.88. The molecule has 1 rings (SSSR count). The van der Waals surface area contributed by atoms with Crippen LogP contribution in [0.25, 0.3) is 0 Å². The molecular formula is C12H18ClNO2. The summed E-state index contributed by atoms with van der Waals surface area (Å²) in [6.07, 6.45) is 0.835. The highest BCUT2D eigenvalue weighted by Crippen LogP contribution is 2.27. The number of nitrogens with one attached hydrogen (secondary N) is 1. The van der Waals surface area contributed by atoms with Crippen molar-refractivity contribution >= 4 is 11.6 Å². The smallest absolute Gasteiger partial charge is 0.120 e. The van der Waals surface area contributed by atoms with Gasteiger partial charge in [0, 0.05) is 22.7 Å². The zero-order valence-corrected chi connectivity index (χ0v) is 10.3. The monoisotopic (exact) mass is 243 g/mol. The molecule has 3 nitrogen and oxygen atoms in total. The summed E-state index contributed by atoms with van der Waals surface area (Å²) in [4.78, 5) is 0. The van der Waals surface area contributed by atoms with E-state index in [1.165, 1.54) is 0 Å². The first-order chi connectivity index (χ1) is 7.58. The van der Waals surface area contributed by atoms with Crippen LogP contribution >= 0.6 is 11.6 Å². The standard InChI is InChI=1S/C12H18ClNO2/c1-3-10(7-15)14-8(2)11-6-9(13)4-5-12(11)16/h4-6,8,10,14-16H,3,7H2,1-2H3/t8?,10-/m1/s1. The summed E-state index contributed by atoms with van der Waals surface area (Å²) in [7, 11) is 0. The number of aromatic hydroxyl groups is 1. The Morgan fingerprint density at radius 2 is 2.12 bits per heavy atom. The molecule has 1 unspecified atom stereocenters. The van der Waals surface area contributed by atoms with E-state index in [1.54, 1.807) is 18.2 Å². The van der Waals surface area contributed by atoms with E-state index in [0.717, 1.165) is 12.0 Å². The first-order valence-corrected chi connectivity index (χ1v) is 5.81. The zero-order valence-electron chi connectivity index (χ0n) is 9.57. The van der Waals surface area contributed by atoms with Gasteiger partial charge < -0.3 is 15.5 Å². The van der Waals surface area contributed by atoms with Gasteiger partial charge in [0.1, 0.15) is 5.75 Å². The largest absolute Gasteiger partial charge is 0.508 e. The predicted octanol–water partition coefficient (Wildman–Crippen LogP) is 2.47. The summed E-state index contributed by atoms with van der Waals surface area (Å²) < 4.78 is 0. The Kier molecular flexibility index (Phi) is 5.06. The molecule has 1 aromatic carbocycles. The maximum Gasteiger partial charge on any atom is 0.120 e. The highest BCUT2D eigenvalue weighted by Gasteiger charge is 2.14. The fraction of sp³-hybridized carbons (Fsp3) is 0.500. The molecule has 16 heavy (non-hydrogen) atoms. The molecule has 1 aromatic rings. The molecule has 0 saturated heterocycles. The van der Waals surface area contributed by atoms with Gasteiger partial charge in [-0.3, -0.25) is 0 Å². The Bertz CT molecular complexity index is 340. The van der Waals surface area contributed by atoms with Crippen molar-refractivity contribution in [2.75, 3.05) is 6.61 Å². The number of hydrogen-bond acceptors (Lipinski definition) is 3. The molecule has 3 N–H and O–H groups in total. The van der Waals surface area contributed by atoms with Crippen molar-refractivity contribution in [1.82, 2.24) is 5.32 Å². The molecule has 0 aliphatic rings. The van der Waals surface area contributed by atoms with Crippen molar-refractivity contribution in [1.29, 1.82) is 0 Å². The normalized spacial score (nSPS) is 14.8. The minimum Gasteiger partial charge on any atom is -0.508 e. The first kappa shape index (κ1) is 13.3. The molecular weight excluding hydrogens is 226 g/mol. The number of benzene rings is 1. The average molecular weight is 244 g/mol. The second kappa shape index (κ2) is 6.09. The molecule has 0 amide bonds. The SMILES string of the molecule is CC[C@H](CO)NC(C)c1cc(Cl)ccc1O. The van der Waals surface area contributed by atoms with Gasteiger partial charge in [-0.15, -0.1) is 0 Å². The van der Waals surface area contributed by atoms with Crippen LogP contribution in [0, 0.1) is 0 Å². The topological polar surface area (TPSA) is 52.5 Å². The van der Waals surface area contributed by atoms with Gasteiger partial charge in [-0.1, -0.05) is 18.5 Å². The number of phenols is 1. The van der Waals surface area contributed by atoms with Gasteiger partial charge in [0.05, 0.1) is 6.61 Å². The van der Waals surface area contributed by atoms with Crippen molar-refractivity contribution in [3.8, 4) is 5.75 Å². The molecule has 0 saturated carbocycles. The summed E-state index contributed by atoms with van der Waals surface area (Å²) in [5.41, 5.74) is 0.749. The Labute approximate surface area is 101 Å². The molecule has 2 atom stereocenters. The number of hydrogen-bond donors (Lipinski definition) is 3. The third-order valence-corrected chi connectivity index (χ3v) is 2.89. The highest BCUT2D eigenvalue weighted by atomic mass is 35.5. The lowest BCUT2D eigenvalue weighted by Gasteiger charge is -2.21. The van der Waals surface area contributed by atoms with E-state index in [9.17, 15) is 5.11 Å². The lowest BCUT2D eigenvalue weighted by molar-refractivity contribution is 0.229. The van der Waals surface area contributed by atoms with E-state index in [2.05, 4.69) is 5.32 Å². The number of aliphatic hydroxyl groups excluding tert-OH is 1. The van der Waals surface area contributed by atoms with Gasteiger partial charge in [0.25, 0.3) is 0 Å². The van der Waals surface area contributed by atoms with Crippen LogP contribution in [0.2, 0.25) is 5.02 Å². The van der Waals surface area contributed by atoms with E-state index in [0.29, 0.717) is 5.02 Å². The molecule has 0 bridgehead atoms. The van der Waals surface area contributed by atoms with Gasteiger partial charge in [0.15, 0.2) is 0 Å². The van der Waals surface area contributed by atoms with Crippen molar-refractivity contribution in [3.05, 3.63) is 28.8 Å². The summed E-state index contributed by atoms with van der Waals surface area (Å²) in [6, 6.07) is 4.95. The summed E-state index contributed by atoms with van der Waals surface area (Å²) >= 11 is 5.88. The van der Waals surface area contributed by atoms with Crippen LogP contribution in [-0.4, -0.2) is 22.9 Å². The van der Waals surface area contributed by atoms with Crippen LogP contribution in [0.1, 0.15) is 31.9 Å². The maximum atomic E-state index is 9.70. The zero-order chi connectivity index (χ0) is 12.1. The quantitative estimate of drug-likeness (QED) is 0.745. The number of aliphatic hydroxyl groups is 1.